The fourth-order valence-corrected chi connectivity index (χ4v) is 1.86. The summed E-state index contributed by atoms with van der Waals surface area (Å²) in [4.78, 5) is 35.6. The molecule has 0 unspecified atom stereocenters. The molecular weight excluding hydrogens is 236 g/mol. The van der Waals surface area contributed by atoms with E-state index in [1.807, 2.05) is 0 Å². The highest BCUT2D eigenvalue weighted by Gasteiger charge is 2.20. The number of carbonyl (C=O) groups is 1. The second kappa shape index (κ2) is 4.48. The number of rotatable bonds is 5. The number of carboxylic acid groups (broad SMARTS) is 1. The van der Waals surface area contributed by atoms with Gasteiger partial charge in [0.15, 0.2) is 0 Å². The molecule has 1 aromatic carbocycles. The summed E-state index contributed by atoms with van der Waals surface area (Å²) < 4.78 is 0. The maximum absolute atomic E-state index is 11.3. The van der Waals surface area contributed by atoms with Crippen molar-refractivity contribution in [1.29, 1.82) is 0 Å². The van der Waals surface area contributed by atoms with Crippen LogP contribution >= 0.6 is 0 Å². The van der Waals surface area contributed by atoms with Gasteiger partial charge < -0.3 is 15.8 Å². The summed E-state index contributed by atoms with van der Waals surface area (Å²) in [6, 6.07) is 1.72. The summed E-state index contributed by atoms with van der Waals surface area (Å²) in [6.45, 7) is 0. The lowest BCUT2D eigenvalue weighted by Crippen LogP contribution is -2.35. The summed E-state index contributed by atoms with van der Waals surface area (Å²) in [7, 11) is 0. The summed E-state index contributed by atoms with van der Waals surface area (Å²) in [5.41, 5.74) is 5.90. The van der Waals surface area contributed by atoms with Crippen LogP contribution in [0.25, 0.3) is 11.1 Å². The molecule has 0 radical (unpaired) electrons. The molecule has 0 spiro atoms. The number of anilines is 1. The van der Waals surface area contributed by atoms with Gasteiger partial charge in [0.05, 0.1) is 11.3 Å². The Hall–Kier alpha value is -2.37. The van der Waals surface area contributed by atoms with E-state index in [-0.39, 0.29) is 17.7 Å². The Balaban J connectivity index is 2.10. The maximum atomic E-state index is 11.3. The van der Waals surface area contributed by atoms with Crippen LogP contribution in [0.4, 0.5) is 5.69 Å². The molecule has 6 heteroatoms. The molecule has 0 aliphatic rings. The van der Waals surface area contributed by atoms with Crippen LogP contribution in [0.2, 0.25) is 0 Å². The first-order valence-corrected chi connectivity index (χ1v) is 5.49. The van der Waals surface area contributed by atoms with E-state index < -0.39 is 16.8 Å². The molecule has 0 saturated heterocycles. The molecule has 6 nitrogen and oxygen atoms in total. The van der Waals surface area contributed by atoms with Crippen LogP contribution < -0.4 is 16.6 Å². The number of aromatic nitrogens is 1. The molecule has 18 heavy (non-hydrogen) atoms. The third-order valence-electron chi connectivity index (χ3n) is 2.82. The number of nitrogen functional groups attached to an aromatic ring is 1. The SMILES string of the molecule is Nc1c(-c2c[nH]c(CCCC(=O)O)c2)c(=O)c1=O. The molecular formula is C12H12N2O4. The number of hydrogen-bond donors (Lipinski definition) is 3. The first-order chi connectivity index (χ1) is 8.50. The number of hydrogen-bond acceptors (Lipinski definition) is 4. The van der Waals surface area contributed by atoms with Gasteiger partial charge in [-0.15, -0.1) is 0 Å². The molecule has 1 heterocycles. The largest absolute Gasteiger partial charge is 0.481 e. The Labute approximate surface area is 102 Å². The highest BCUT2D eigenvalue weighted by Crippen LogP contribution is 2.22. The van der Waals surface area contributed by atoms with Gasteiger partial charge in [-0.25, -0.2) is 0 Å². The molecule has 0 atom stereocenters. The molecule has 2 rings (SSSR count). The predicted octanol–water partition coefficient (Wildman–Crippen LogP) is 0.267. The van der Waals surface area contributed by atoms with Crippen LogP contribution in [-0.4, -0.2) is 16.1 Å². The quantitative estimate of drug-likeness (QED) is 0.657. The van der Waals surface area contributed by atoms with Crippen LogP contribution in [0, 0.1) is 0 Å². The summed E-state index contributed by atoms with van der Waals surface area (Å²) in [5.74, 6) is -0.839. The third kappa shape index (κ3) is 2.04. The highest BCUT2D eigenvalue weighted by atomic mass is 16.4. The van der Waals surface area contributed by atoms with Gasteiger partial charge in [-0.05, 0) is 18.9 Å². The lowest BCUT2D eigenvalue weighted by molar-refractivity contribution is -0.137. The monoisotopic (exact) mass is 248 g/mol. The Morgan fingerprint density at radius 2 is 2.06 bits per heavy atom. The van der Waals surface area contributed by atoms with Crippen LogP contribution in [0.3, 0.4) is 0 Å². The fourth-order valence-electron chi connectivity index (χ4n) is 1.86. The second-order valence-electron chi connectivity index (χ2n) is 4.11. The van der Waals surface area contributed by atoms with Crippen molar-refractivity contribution in [2.45, 2.75) is 19.3 Å². The van der Waals surface area contributed by atoms with E-state index >= 15 is 0 Å². The molecule has 0 aliphatic carbocycles. The minimum atomic E-state index is -0.839. The van der Waals surface area contributed by atoms with Crippen molar-refractivity contribution in [3.8, 4) is 11.1 Å². The Bertz CT molecular complexity index is 662. The highest BCUT2D eigenvalue weighted by molar-refractivity contribution is 5.80. The van der Waals surface area contributed by atoms with Gasteiger partial charge in [-0.3, -0.25) is 14.4 Å². The number of nitrogens with one attached hydrogen (secondary N) is 1. The van der Waals surface area contributed by atoms with E-state index in [1.54, 1.807) is 12.3 Å². The summed E-state index contributed by atoms with van der Waals surface area (Å²) >= 11 is 0. The van der Waals surface area contributed by atoms with Crippen molar-refractivity contribution in [1.82, 2.24) is 4.98 Å². The normalized spacial score (nSPS) is 10.9. The molecule has 1 aromatic heterocycles. The van der Waals surface area contributed by atoms with Crippen molar-refractivity contribution >= 4 is 11.7 Å². The van der Waals surface area contributed by atoms with Crippen LogP contribution in [-0.2, 0) is 11.2 Å². The van der Waals surface area contributed by atoms with Crippen molar-refractivity contribution < 1.29 is 9.90 Å². The maximum Gasteiger partial charge on any atom is 0.303 e. The van der Waals surface area contributed by atoms with E-state index in [1.165, 1.54) is 0 Å². The topological polar surface area (TPSA) is 113 Å². The minimum Gasteiger partial charge on any atom is -0.481 e. The van der Waals surface area contributed by atoms with Gasteiger partial charge in [0.2, 0.25) is 10.9 Å². The van der Waals surface area contributed by atoms with Crippen LogP contribution in [0.1, 0.15) is 18.5 Å². The number of nitrogens with two attached hydrogens (primary N) is 1. The number of carboxylic acids is 1. The van der Waals surface area contributed by atoms with Gasteiger partial charge in [0, 0.05) is 23.9 Å². The molecule has 0 fully saturated rings. The van der Waals surface area contributed by atoms with E-state index in [0.717, 1.165) is 5.69 Å². The second-order valence-corrected chi connectivity index (χ2v) is 4.11. The molecule has 0 bridgehead atoms. The predicted molar refractivity (Wildman–Crippen MR) is 66.1 cm³/mol. The van der Waals surface area contributed by atoms with Crippen molar-refractivity contribution in [3.63, 3.8) is 0 Å². The van der Waals surface area contributed by atoms with Crippen molar-refractivity contribution in [3.05, 3.63) is 38.4 Å². The Kier molecular flexibility index (Phi) is 3.01. The van der Waals surface area contributed by atoms with Gasteiger partial charge >= 0.3 is 5.97 Å². The summed E-state index contributed by atoms with van der Waals surface area (Å²) in [5, 5.41) is 8.51. The zero-order valence-electron chi connectivity index (χ0n) is 9.53. The average molecular weight is 248 g/mol. The first kappa shape index (κ1) is 12.1. The van der Waals surface area contributed by atoms with E-state index in [2.05, 4.69) is 4.98 Å². The van der Waals surface area contributed by atoms with Crippen molar-refractivity contribution in [2.24, 2.45) is 0 Å². The fraction of sp³-hybridized carbons (Fsp3) is 0.250. The molecule has 2 aromatic rings. The van der Waals surface area contributed by atoms with Gasteiger partial charge in [0.1, 0.15) is 0 Å². The van der Waals surface area contributed by atoms with E-state index in [0.29, 0.717) is 18.4 Å². The standard InChI is InChI=1S/C12H12N2O4/c13-10-9(11(17)12(10)18)6-4-7(14-5-6)2-1-3-8(15)16/h4-5,14H,1-3,13H2,(H,15,16). The van der Waals surface area contributed by atoms with Crippen LogP contribution in [0.5, 0.6) is 0 Å². The number of aliphatic carboxylic acids is 1. The smallest absolute Gasteiger partial charge is 0.303 e. The number of H-pyrrole nitrogens is 1. The number of aromatic amines is 1. The summed E-state index contributed by atoms with van der Waals surface area (Å²) in [6.07, 6.45) is 2.78. The van der Waals surface area contributed by atoms with E-state index in [9.17, 15) is 14.4 Å². The Morgan fingerprint density at radius 1 is 1.33 bits per heavy atom. The lowest BCUT2D eigenvalue weighted by atomic mass is 10.0. The minimum absolute atomic E-state index is 0.00362. The van der Waals surface area contributed by atoms with E-state index in [4.69, 9.17) is 10.8 Å². The van der Waals surface area contributed by atoms with Crippen LogP contribution in [0.15, 0.2) is 21.9 Å². The Morgan fingerprint density at radius 3 is 2.67 bits per heavy atom. The molecule has 4 N–H and O–H groups in total. The third-order valence-corrected chi connectivity index (χ3v) is 2.82. The zero-order chi connectivity index (χ0) is 13.3. The van der Waals surface area contributed by atoms with Gasteiger partial charge in [-0.2, -0.15) is 0 Å². The number of aryl methyl sites for hydroxylation is 1. The molecule has 0 aliphatic heterocycles. The molecule has 0 saturated carbocycles. The molecule has 94 valence electrons. The first-order valence-electron chi connectivity index (χ1n) is 5.49. The van der Waals surface area contributed by atoms with Gasteiger partial charge in [-0.1, -0.05) is 0 Å². The van der Waals surface area contributed by atoms with Crippen molar-refractivity contribution in [2.75, 3.05) is 5.73 Å². The van der Waals surface area contributed by atoms with Gasteiger partial charge in [0.25, 0.3) is 0 Å². The molecule has 0 amide bonds. The lowest BCUT2D eigenvalue weighted by Gasteiger charge is -2.02. The average Bonchev–Trinajstić information content (AvgIpc) is 2.77. The zero-order valence-corrected chi connectivity index (χ0v) is 9.53.